The maximum atomic E-state index is 12.1. The van der Waals surface area contributed by atoms with Crippen LogP contribution in [0.2, 0.25) is 0 Å². The van der Waals surface area contributed by atoms with Gasteiger partial charge in [0.25, 0.3) is 5.91 Å². The van der Waals surface area contributed by atoms with Crippen molar-refractivity contribution in [3.8, 4) is 5.75 Å². The first-order valence-corrected chi connectivity index (χ1v) is 7.22. The molecule has 0 aromatic heterocycles. The molecule has 120 valence electrons. The van der Waals surface area contributed by atoms with E-state index in [1.807, 2.05) is 19.1 Å². The smallest absolute Gasteiger partial charge is 0.338 e. The molecule has 0 aliphatic heterocycles. The zero-order chi connectivity index (χ0) is 16.8. The summed E-state index contributed by atoms with van der Waals surface area (Å²) in [6, 6.07) is 13.9. The Morgan fingerprint density at radius 2 is 1.61 bits per heavy atom. The Morgan fingerprint density at radius 1 is 1.00 bits per heavy atom. The number of nitrogens with one attached hydrogen (secondary N) is 1. The molecule has 1 unspecified atom stereocenters. The second kappa shape index (κ2) is 7.45. The van der Waals surface area contributed by atoms with Gasteiger partial charge in [0.1, 0.15) is 5.75 Å². The summed E-state index contributed by atoms with van der Waals surface area (Å²) >= 11 is 0. The van der Waals surface area contributed by atoms with Crippen molar-refractivity contribution >= 4 is 17.6 Å². The van der Waals surface area contributed by atoms with Crippen LogP contribution in [0.1, 0.15) is 22.8 Å². The number of anilines is 1. The highest BCUT2D eigenvalue weighted by molar-refractivity contribution is 5.97. The Morgan fingerprint density at radius 3 is 2.17 bits per heavy atom. The number of hydrogen-bond donors (Lipinski definition) is 1. The molecule has 0 fully saturated rings. The van der Waals surface area contributed by atoms with E-state index in [1.165, 1.54) is 6.92 Å². The highest BCUT2D eigenvalue weighted by Gasteiger charge is 2.19. The van der Waals surface area contributed by atoms with E-state index in [0.29, 0.717) is 17.0 Å². The van der Waals surface area contributed by atoms with Crippen LogP contribution in [0, 0.1) is 6.92 Å². The standard InChI is InChI=1S/C18H19NO4/c1-12-4-8-15(9-5-12)19-17(20)13(2)23-18(21)14-6-10-16(22-3)11-7-14/h4-11,13H,1-3H3,(H,19,20). The van der Waals surface area contributed by atoms with Crippen molar-refractivity contribution in [1.29, 1.82) is 0 Å². The van der Waals surface area contributed by atoms with Gasteiger partial charge in [0.05, 0.1) is 12.7 Å². The largest absolute Gasteiger partial charge is 0.497 e. The number of rotatable bonds is 5. The molecule has 0 saturated carbocycles. The van der Waals surface area contributed by atoms with E-state index in [1.54, 1.807) is 43.5 Å². The lowest BCUT2D eigenvalue weighted by molar-refractivity contribution is -0.123. The predicted octanol–water partition coefficient (Wildman–Crippen LogP) is 3.19. The third-order valence-electron chi connectivity index (χ3n) is 3.30. The molecule has 0 spiro atoms. The topological polar surface area (TPSA) is 64.6 Å². The number of esters is 1. The maximum Gasteiger partial charge on any atom is 0.338 e. The summed E-state index contributed by atoms with van der Waals surface area (Å²) < 4.78 is 10.2. The van der Waals surface area contributed by atoms with E-state index in [0.717, 1.165) is 5.56 Å². The van der Waals surface area contributed by atoms with Gasteiger partial charge in [0.2, 0.25) is 0 Å². The minimum absolute atomic E-state index is 0.362. The molecule has 5 nitrogen and oxygen atoms in total. The number of ether oxygens (including phenoxy) is 2. The number of methoxy groups -OCH3 is 1. The number of benzene rings is 2. The summed E-state index contributed by atoms with van der Waals surface area (Å²) in [6.07, 6.45) is -0.897. The van der Waals surface area contributed by atoms with Gasteiger partial charge in [-0.2, -0.15) is 0 Å². The van der Waals surface area contributed by atoms with Crippen LogP contribution >= 0.6 is 0 Å². The highest BCUT2D eigenvalue weighted by atomic mass is 16.5. The third-order valence-corrected chi connectivity index (χ3v) is 3.30. The second-order valence-corrected chi connectivity index (χ2v) is 5.13. The van der Waals surface area contributed by atoms with Crippen LogP contribution in [-0.2, 0) is 9.53 Å². The maximum absolute atomic E-state index is 12.1. The van der Waals surface area contributed by atoms with E-state index < -0.39 is 12.1 Å². The molecule has 2 aromatic rings. The van der Waals surface area contributed by atoms with Crippen LogP contribution in [0.5, 0.6) is 5.75 Å². The predicted molar refractivity (Wildman–Crippen MR) is 87.7 cm³/mol. The van der Waals surface area contributed by atoms with Gasteiger partial charge in [0.15, 0.2) is 6.10 Å². The first-order valence-electron chi connectivity index (χ1n) is 7.22. The molecule has 1 N–H and O–H groups in total. The minimum Gasteiger partial charge on any atom is -0.497 e. The first-order chi connectivity index (χ1) is 11.0. The number of hydrogen-bond acceptors (Lipinski definition) is 4. The first kappa shape index (κ1) is 16.5. The normalized spacial score (nSPS) is 11.4. The summed E-state index contributed by atoms with van der Waals surface area (Å²) in [5, 5.41) is 2.71. The van der Waals surface area contributed by atoms with E-state index in [-0.39, 0.29) is 5.91 Å². The Balaban J connectivity index is 1.94. The molecule has 2 rings (SSSR count). The minimum atomic E-state index is -0.897. The Hall–Kier alpha value is -2.82. The van der Waals surface area contributed by atoms with Crippen LogP contribution in [0.4, 0.5) is 5.69 Å². The Bertz CT molecular complexity index is 677. The van der Waals surface area contributed by atoms with Crippen molar-refractivity contribution in [3.63, 3.8) is 0 Å². The highest BCUT2D eigenvalue weighted by Crippen LogP contribution is 2.14. The molecule has 0 aliphatic carbocycles. The van der Waals surface area contributed by atoms with Gasteiger partial charge < -0.3 is 14.8 Å². The summed E-state index contributed by atoms with van der Waals surface area (Å²) in [5.74, 6) is -0.290. The average molecular weight is 313 g/mol. The number of carbonyl (C=O) groups excluding carboxylic acids is 2. The number of carbonyl (C=O) groups is 2. The van der Waals surface area contributed by atoms with Crippen LogP contribution in [0.3, 0.4) is 0 Å². The Kier molecular flexibility index (Phi) is 5.36. The average Bonchev–Trinajstić information content (AvgIpc) is 2.56. The lowest BCUT2D eigenvalue weighted by Gasteiger charge is -2.14. The molecule has 0 aliphatic rings. The zero-order valence-corrected chi connectivity index (χ0v) is 13.3. The van der Waals surface area contributed by atoms with Gasteiger partial charge >= 0.3 is 5.97 Å². The fourth-order valence-electron chi connectivity index (χ4n) is 1.89. The fourth-order valence-corrected chi connectivity index (χ4v) is 1.89. The lowest BCUT2D eigenvalue weighted by Crippen LogP contribution is -2.30. The van der Waals surface area contributed by atoms with E-state index >= 15 is 0 Å². The molecule has 0 saturated heterocycles. The van der Waals surface area contributed by atoms with Gasteiger partial charge in [-0.1, -0.05) is 17.7 Å². The molecule has 0 bridgehead atoms. The van der Waals surface area contributed by atoms with Crippen LogP contribution in [0.15, 0.2) is 48.5 Å². The van der Waals surface area contributed by atoms with Gasteiger partial charge in [-0.05, 0) is 50.2 Å². The molecule has 23 heavy (non-hydrogen) atoms. The molecule has 2 aromatic carbocycles. The van der Waals surface area contributed by atoms with Crippen LogP contribution in [0.25, 0.3) is 0 Å². The SMILES string of the molecule is COc1ccc(C(=O)OC(C)C(=O)Nc2ccc(C)cc2)cc1. The second-order valence-electron chi connectivity index (χ2n) is 5.13. The summed E-state index contributed by atoms with van der Waals surface area (Å²) in [7, 11) is 1.55. The zero-order valence-electron chi connectivity index (χ0n) is 13.3. The molecule has 1 atom stereocenters. The van der Waals surface area contributed by atoms with Crippen molar-refractivity contribution < 1.29 is 19.1 Å². The molecule has 0 radical (unpaired) electrons. The molecular formula is C18H19NO4. The van der Waals surface area contributed by atoms with Crippen LogP contribution in [-0.4, -0.2) is 25.1 Å². The Labute approximate surface area is 135 Å². The van der Waals surface area contributed by atoms with Gasteiger partial charge in [-0.25, -0.2) is 4.79 Å². The quantitative estimate of drug-likeness (QED) is 0.861. The summed E-state index contributed by atoms with van der Waals surface area (Å²) in [5.41, 5.74) is 2.12. The number of aryl methyl sites for hydroxylation is 1. The fraction of sp³-hybridized carbons (Fsp3) is 0.222. The van der Waals surface area contributed by atoms with Gasteiger partial charge in [0, 0.05) is 5.69 Å². The van der Waals surface area contributed by atoms with E-state index in [9.17, 15) is 9.59 Å². The van der Waals surface area contributed by atoms with Gasteiger partial charge in [-0.15, -0.1) is 0 Å². The number of amides is 1. The molecular weight excluding hydrogens is 294 g/mol. The van der Waals surface area contributed by atoms with Crippen molar-refractivity contribution in [3.05, 3.63) is 59.7 Å². The summed E-state index contributed by atoms with van der Waals surface area (Å²) in [6.45, 7) is 3.50. The van der Waals surface area contributed by atoms with Crippen molar-refractivity contribution in [2.24, 2.45) is 0 Å². The molecule has 1 amide bonds. The third kappa shape index (κ3) is 4.57. The van der Waals surface area contributed by atoms with Crippen molar-refractivity contribution in [1.82, 2.24) is 0 Å². The van der Waals surface area contributed by atoms with Crippen molar-refractivity contribution in [2.45, 2.75) is 20.0 Å². The lowest BCUT2D eigenvalue weighted by atomic mass is 10.2. The monoisotopic (exact) mass is 313 g/mol. The van der Waals surface area contributed by atoms with Gasteiger partial charge in [-0.3, -0.25) is 4.79 Å². The van der Waals surface area contributed by atoms with Crippen molar-refractivity contribution in [2.75, 3.05) is 12.4 Å². The molecule has 0 heterocycles. The van der Waals surface area contributed by atoms with E-state index in [4.69, 9.17) is 9.47 Å². The van der Waals surface area contributed by atoms with E-state index in [2.05, 4.69) is 5.32 Å². The summed E-state index contributed by atoms with van der Waals surface area (Å²) in [4.78, 5) is 24.1. The van der Waals surface area contributed by atoms with Crippen LogP contribution < -0.4 is 10.1 Å². The molecule has 5 heteroatoms.